The molecule has 0 saturated carbocycles. The van der Waals surface area contributed by atoms with Gasteiger partial charge in [0.1, 0.15) is 18.1 Å². The van der Waals surface area contributed by atoms with Gasteiger partial charge in [-0.15, -0.1) is 11.3 Å². The Morgan fingerprint density at radius 1 is 1.12 bits per heavy atom. The smallest absolute Gasteiger partial charge is 0.276 e. The summed E-state index contributed by atoms with van der Waals surface area (Å²) in [5, 5.41) is 6.81. The van der Waals surface area contributed by atoms with Crippen LogP contribution in [0.2, 0.25) is 0 Å². The quantitative estimate of drug-likeness (QED) is 0.459. The number of aryl methyl sites for hydroxylation is 2. The van der Waals surface area contributed by atoms with Crippen LogP contribution in [0.15, 0.2) is 52.4 Å². The minimum atomic E-state index is -0.201. The van der Waals surface area contributed by atoms with Gasteiger partial charge in [0, 0.05) is 29.2 Å². The fraction of sp³-hybridized carbons (Fsp3) is 0.208. The van der Waals surface area contributed by atoms with E-state index in [4.69, 9.17) is 15.0 Å². The fourth-order valence-electron chi connectivity index (χ4n) is 3.70. The average molecular weight is 447 g/mol. The third kappa shape index (κ3) is 3.85. The van der Waals surface area contributed by atoms with Crippen molar-refractivity contribution >= 4 is 22.9 Å². The summed E-state index contributed by atoms with van der Waals surface area (Å²) < 4.78 is 11.3. The van der Waals surface area contributed by atoms with Crippen LogP contribution in [-0.4, -0.2) is 34.1 Å². The number of fused-ring (bicyclic) bond motifs is 1. The first-order valence-corrected chi connectivity index (χ1v) is 11.2. The number of aromatic nitrogens is 2. The van der Waals surface area contributed by atoms with Crippen molar-refractivity contribution in [1.29, 1.82) is 0 Å². The molecule has 0 fully saturated rings. The number of thiazole rings is 1. The largest absolute Gasteiger partial charge is 0.491 e. The number of anilines is 1. The van der Waals surface area contributed by atoms with Gasteiger partial charge >= 0.3 is 0 Å². The van der Waals surface area contributed by atoms with Crippen molar-refractivity contribution in [2.45, 2.75) is 20.4 Å². The van der Waals surface area contributed by atoms with Crippen LogP contribution in [0.25, 0.3) is 22.6 Å². The van der Waals surface area contributed by atoms with Gasteiger partial charge in [0.2, 0.25) is 0 Å². The fourth-order valence-corrected chi connectivity index (χ4v) is 4.30. The summed E-state index contributed by atoms with van der Waals surface area (Å²) in [7, 11) is 0. The van der Waals surface area contributed by atoms with Crippen LogP contribution >= 0.6 is 11.3 Å². The number of hydrogen-bond donors (Lipinski definition) is 1. The van der Waals surface area contributed by atoms with E-state index in [9.17, 15) is 4.79 Å². The molecular weight excluding hydrogens is 424 g/mol. The number of hydrogen-bond acceptors (Lipinski definition) is 7. The Bertz CT molecular complexity index is 1310. The first-order chi connectivity index (χ1) is 15.5. The van der Waals surface area contributed by atoms with Gasteiger partial charge < -0.3 is 19.9 Å². The zero-order valence-corrected chi connectivity index (χ0v) is 18.6. The molecule has 2 N–H and O–H groups in total. The molecule has 0 bridgehead atoms. The molecule has 8 heteroatoms. The number of nitrogens with zero attached hydrogens (tertiary/aromatic N) is 3. The van der Waals surface area contributed by atoms with Gasteiger partial charge in [-0.1, -0.05) is 23.4 Å². The topological polar surface area (TPSA) is 94.5 Å². The highest BCUT2D eigenvalue weighted by atomic mass is 32.1. The van der Waals surface area contributed by atoms with Crippen molar-refractivity contribution in [3.8, 4) is 28.3 Å². The van der Waals surface area contributed by atoms with E-state index in [1.165, 1.54) is 11.3 Å². The first kappa shape index (κ1) is 20.3. The highest BCUT2D eigenvalue weighted by molar-refractivity contribution is 7.09. The molecule has 0 unspecified atom stereocenters. The Hall–Kier alpha value is -3.65. The Kier molecular flexibility index (Phi) is 5.14. The molecule has 3 heterocycles. The first-order valence-electron chi connectivity index (χ1n) is 10.3. The van der Waals surface area contributed by atoms with Crippen molar-refractivity contribution in [3.63, 3.8) is 0 Å². The summed E-state index contributed by atoms with van der Waals surface area (Å²) in [6.07, 6.45) is 0. The van der Waals surface area contributed by atoms with Crippen molar-refractivity contribution in [2.75, 3.05) is 18.9 Å². The van der Waals surface area contributed by atoms with Crippen LogP contribution in [0.4, 0.5) is 5.69 Å². The second kappa shape index (κ2) is 8.12. The molecule has 0 aliphatic carbocycles. The second-order valence-corrected chi connectivity index (χ2v) is 8.86. The zero-order valence-electron chi connectivity index (χ0n) is 17.8. The molecule has 7 nitrogen and oxygen atoms in total. The molecule has 2 aromatic carbocycles. The van der Waals surface area contributed by atoms with Crippen LogP contribution < -0.4 is 10.5 Å². The minimum Gasteiger partial charge on any atom is -0.491 e. The molecule has 1 amide bonds. The summed E-state index contributed by atoms with van der Waals surface area (Å²) in [5.41, 5.74) is 11.8. The maximum atomic E-state index is 13.2. The lowest BCUT2D eigenvalue weighted by atomic mass is 10.00. The predicted octanol–water partition coefficient (Wildman–Crippen LogP) is 4.70. The second-order valence-electron chi connectivity index (χ2n) is 7.80. The van der Waals surface area contributed by atoms with E-state index in [-0.39, 0.29) is 11.6 Å². The molecule has 1 aliphatic rings. The van der Waals surface area contributed by atoms with E-state index >= 15 is 0 Å². The van der Waals surface area contributed by atoms with Gasteiger partial charge in [0.25, 0.3) is 5.91 Å². The summed E-state index contributed by atoms with van der Waals surface area (Å²) in [6.45, 7) is 5.19. The van der Waals surface area contributed by atoms with Gasteiger partial charge in [-0.05, 0) is 48.7 Å². The number of rotatable bonds is 3. The molecule has 162 valence electrons. The third-order valence-electron chi connectivity index (χ3n) is 5.54. The van der Waals surface area contributed by atoms with E-state index < -0.39 is 0 Å². The number of carbonyl (C=O) groups is 1. The Balaban J connectivity index is 1.40. The lowest BCUT2D eigenvalue weighted by Gasteiger charge is -2.18. The normalized spacial score (nSPS) is 13.4. The summed E-state index contributed by atoms with van der Waals surface area (Å²) in [6, 6.07) is 13.7. The molecule has 0 saturated heterocycles. The summed E-state index contributed by atoms with van der Waals surface area (Å²) in [4.78, 5) is 19.3. The molecule has 0 radical (unpaired) electrons. The van der Waals surface area contributed by atoms with Gasteiger partial charge in [-0.3, -0.25) is 4.79 Å². The molecule has 0 atom stereocenters. The van der Waals surface area contributed by atoms with E-state index in [0.29, 0.717) is 31.2 Å². The summed E-state index contributed by atoms with van der Waals surface area (Å²) in [5.74, 6) is 1.07. The zero-order chi connectivity index (χ0) is 22.2. The van der Waals surface area contributed by atoms with Gasteiger partial charge in [-0.25, -0.2) is 4.98 Å². The lowest BCUT2D eigenvalue weighted by Crippen LogP contribution is -2.32. The number of nitrogens with two attached hydrogens (primary N) is 1. The number of carbonyl (C=O) groups excluding carboxylic acids is 1. The van der Waals surface area contributed by atoms with E-state index in [1.807, 2.05) is 49.6 Å². The Labute approximate surface area is 189 Å². The SMILES string of the molecule is Cc1nc(-c2cc(C(=O)N3CCOc4ccc(-c5ccc(C)c(N)c5)cc4C3)no2)cs1. The highest BCUT2D eigenvalue weighted by Crippen LogP contribution is 2.31. The molecule has 5 rings (SSSR count). The lowest BCUT2D eigenvalue weighted by molar-refractivity contribution is 0.0723. The van der Waals surface area contributed by atoms with Gasteiger partial charge in [-0.2, -0.15) is 0 Å². The summed E-state index contributed by atoms with van der Waals surface area (Å²) >= 11 is 1.52. The van der Waals surface area contributed by atoms with Crippen LogP contribution in [0.1, 0.15) is 26.6 Å². The van der Waals surface area contributed by atoms with Crippen molar-refractivity contribution in [2.24, 2.45) is 0 Å². The maximum Gasteiger partial charge on any atom is 0.276 e. The molecule has 4 aromatic rings. The van der Waals surface area contributed by atoms with Crippen molar-refractivity contribution in [1.82, 2.24) is 15.0 Å². The molecule has 0 spiro atoms. The predicted molar refractivity (Wildman–Crippen MR) is 124 cm³/mol. The van der Waals surface area contributed by atoms with Crippen molar-refractivity contribution in [3.05, 3.63) is 69.7 Å². The molecule has 32 heavy (non-hydrogen) atoms. The minimum absolute atomic E-state index is 0.201. The Morgan fingerprint density at radius 2 is 1.94 bits per heavy atom. The molecule has 1 aliphatic heterocycles. The number of nitrogen functional groups attached to an aromatic ring is 1. The van der Waals surface area contributed by atoms with Gasteiger partial charge in [0.15, 0.2) is 11.5 Å². The molecule has 2 aromatic heterocycles. The average Bonchev–Trinajstić information content (AvgIpc) is 3.39. The highest BCUT2D eigenvalue weighted by Gasteiger charge is 2.25. The van der Waals surface area contributed by atoms with Gasteiger partial charge in [0.05, 0.1) is 11.6 Å². The third-order valence-corrected chi connectivity index (χ3v) is 6.31. The maximum absolute atomic E-state index is 13.2. The van der Waals surface area contributed by atoms with Crippen LogP contribution in [-0.2, 0) is 6.54 Å². The van der Waals surface area contributed by atoms with E-state index in [2.05, 4.69) is 16.2 Å². The number of amides is 1. The Morgan fingerprint density at radius 3 is 2.72 bits per heavy atom. The van der Waals surface area contributed by atoms with Crippen molar-refractivity contribution < 1.29 is 14.1 Å². The molecular formula is C24H22N4O3S. The monoisotopic (exact) mass is 446 g/mol. The van der Waals surface area contributed by atoms with E-state index in [1.54, 1.807) is 11.0 Å². The number of ether oxygens (including phenoxy) is 1. The standard InChI is InChI=1S/C24H22N4O3S/c1-14-3-4-17(10-19(14)25)16-5-6-22-18(9-16)12-28(7-8-30-22)24(29)20-11-23(31-27-20)21-13-32-15(2)26-21/h3-6,9-11,13H,7-8,12,25H2,1-2H3. The van der Waals surface area contributed by atoms with Crippen LogP contribution in [0.5, 0.6) is 5.75 Å². The number of benzene rings is 2. The van der Waals surface area contributed by atoms with E-state index in [0.717, 1.165) is 38.7 Å². The van der Waals surface area contributed by atoms with Crippen LogP contribution in [0.3, 0.4) is 0 Å². The van der Waals surface area contributed by atoms with Crippen LogP contribution in [0, 0.1) is 13.8 Å².